The van der Waals surface area contributed by atoms with Gasteiger partial charge in [-0.15, -0.1) is 0 Å². The minimum Gasteiger partial charge on any atom is -0.382 e. The van der Waals surface area contributed by atoms with Crippen LogP contribution in [0.3, 0.4) is 0 Å². The number of aromatic amines is 1. The van der Waals surface area contributed by atoms with E-state index in [1.807, 2.05) is 13.8 Å². The van der Waals surface area contributed by atoms with Crippen LogP contribution in [0, 0.1) is 0 Å². The number of nitrogen functional groups attached to an aromatic ring is 1. The Labute approximate surface area is 162 Å². The summed E-state index contributed by atoms with van der Waals surface area (Å²) in [6, 6.07) is 0. The highest BCUT2D eigenvalue weighted by Crippen LogP contribution is 2.35. The molecule has 1 fully saturated rings. The summed E-state index contributed by atoms with van der Waals surface area (Å²) >= 11 is 0. The highest BCUT2D eigenvalue weighted by molar-refractivity contribution is 5.70. The molecule has 2 aromatic rings. The van der Waals surface area contributed by atoms with Gasteiger partial charge in [-0.05, 0) is 13.8 Å². The summed E-state index contributed by atoms with van der Waals surface area (Å²) in [6.45, 7) is 5.00. The lowest BCUT2D eigenvalue weighted by Crippen LogP contribution is -2.38. The Kier molecular flexibility index (Phi) is 6.62. The summed E-state index contributed by atoms with van der Waals surface area (Å²) in [7, 11) is 3.19. The van der Waals surface area contributed by atoms with Crippen molar-refractivity contribution in [1.29, 1.82) is 0 Å². The third-order valence-corrected chi connectivity index (χ3v) is 4.47. The topological polar surface area (TPSA) is 136 Å². The van der Waals surface area contributed by atoms with Crippen molar-refractivity contribution in [2.75, 3.05) is 39.8 Å². The van der Waals surface area contributed by atoms with Crippen LogP contribution >= 0.6 is 0 Å². The molecular formula is C17H27N5O6. The minimum atomic E-state index is -0.624. The van der Waals surface area contributed by atoms with Crippen LogP contribution < -0.4 is 11.3 Å². The molecule has 0 saturated carbocycles. The van der Waals surface area contributed by atoms with Gasteiger partial charge in [0.25, 0.3) is 5.56 Å². The van der Waals surface area contributed by atoms with Crippen LogP contribution in [0.25, 0.3) is 11.2 Å². The van der Waals surface area contributed by atoms with Gasteiger partial charge in [-0.2, -0.15) is 4.98 Å². The molecule has 156 valence electrons. The summed E-state index contributed by atoms with van der Waals surface area (Å²) in [5.74, 6) is -0.00270. The molecule has 1 aliphatic rings. The second-order valence-corrected chi connectivity index (χ2v) is 6.75. The molecule has 0 aliphatic carbocycles. The fourth-order valence-electron chi connectivity index (χ4n) is 3.21. The predicted molar refractivity (Wildman–Crippen MR) is 100.0 cm³/mol. The van der Waals surface area contributed by atoms with E-state index in [0.29, 0.717) is 25.5 Å². The lowest BCUT2D eigenvalue weighted by atomic mass is 10.1. The van der Waals surface area contributed by atoms with Gasteiger partial charge >= 0.3 is 0 Å². The number of imidazole rings is 1. The molecule has 4 atom stereocenters. The molecule has 0 spiro atoms. The Bertz CT molecular complexity index is 837. The van der Waals surface area contributed by atoms with Crippen LogP contribution in [0.1, 0.15) is 20.1 Å². The molecule has 3 heterocycles. The van der Waals surface area contributed by atoms with E-state index < -0.39 is 24.0 Å². The molecule has 3 rings (SSSR count). The number of aromatic nitrogens is 4. The number of nitrogens with one attached hydrogen (secondary N) is 1. The third-order valence-electron chi connectivity index (χ3n) is 4.47. The SMILES string of the molecule is COCCOC1C(OC)C(COC(C)C)OC1n1cnc2c(=O)[nH]c(N)nc21. The van der Waals surface area contributed by atoms with Crippen molar-refractivity contribution in [2.45, 2.75) is 44.5 Å². The lowest BCUT2D eigenvalue weighted by Gasteiger charge is -2.24. The van der Waals surface area contributed by atoms with E-state index in [-0.39, 0.29) is 23.7 Å². The van der Waals surface area contributed by atoms with Gasteiger partial charge in [0.15, 0.2) is 17.4 Å². The largest absolute Gasteiger partial charge is 0.382 e. The maximum absolute atomic E-state index is 12.1. The van der Waals surface area contributed by atoms with Gasteiger partial charge in [0.1, 0.15) is 18.3 Å². The zero-order valence-corrected chi connectivity index (χ0v) is 16.5. The molecule has 0 aromatic carbocycles. The monoisotopic (exact) mass is 397 g/mol. The molecule has 0 amide bonds. The standard InChI is InChI=1S/C17H27N5O6/c1-9(2)27-7-10-12(25-4)13(26-6-5-24-3)16(28-10)22-8-19-11-14(22)20-17(18)21-15(11)23/h8-10,12-13,16H,5-7H2,1-4H3,(H3,18,20,21,23). The van der Waals surface area contributed by atoms with E-state index in [4.69, 9.17) is 29.4 Å². The van der Waals surface area contributed by atoms with Gasteiger partial charge in [0.05, 0.1) is 32.3 Å². The fraction of sp³-hybridized carbons (Fsp3) is 0.706. The molecule has 4 unspecified atom stereocenters. The van der Waals surface area contributed by atoms with Crippen molar-refractivity contribution in [3.05, 3.63) is 16.7 Å². The number of anilines is 1. The van der Waals surface area contributed by atoms with Crippen molar-refractivity contribution in [1.82, 2.24) is 19.5 Å². The van der Waals surface area contributed by atoms with E-state index >= 15 is 0 Å². The van der Waals surface area contributed by atoms with Gasteiger partial charge in [0, 0.05) is 14.2 Å². The van der Waals surface area contributed by atoms with Crippen LogP contribution in [-0.4, -0.2) is 78.0 Å². The fourth-order valence-corrected chi connectivity index (χ4v) is 3.21. The molecule has 1 aliphatic heterocycles. The maximum Gasteiger partial charge on any atom is 0.280 e. The van der Waals surface area contributed by atoms with Crippen molar-refractivity contribution in [3.8, 4) is 0 Å². The van der Waals surface area contributed by atoms with E-state index in [0.717, 1.165) is 0 Å². The first-order valence-electron chi connectivity index (χ1n) is 9.09. The van der Waals surface area contributed by atoms with Gasteiger partial charge < -0.3 is 29.4 Å². The van der Waals surface area contributed by atoms with Gasteiger partial charge in [-0.25, -0.2) is 4.98 Å². The number of rotatable bonds is 9. The Hall–Kier alpha value is -2.05. The van der Waals surface area contributed by atoms with E-state index in [9.17, 15) is 4.79 Å². The van der Waals surface area contributed by atoms with Gasteiger partial charge in [-0.1, -0.05) is 0 Å². The number of hydrogen-bond donors (Lipinski definition) is 2. The zero-order chi connectivity index (χ0) is 20.3. The minimum absolute atomic E-state index is 0.00270. The number of nitrogens with zero attached hydrogens (tertiary/aromatic N) is 3. The first-order chi connectivity index (χ1) is 13.5. The zero-order valence-electron chi connectivity index (χ0n) is 16.5. The number of methoxy groups -OCH3 is 2. The Morgan fingerprint density at radius 1 is 1.32 bits per heavy atom. The Morgan fingerprint density at radius 2 is 2.11 bits per heavy atom. The van der Waals surface area contributed by atoms with Crippen LogP contribution in [-0.2, 0) is 23.7 Å². The van der Waals surface area contributed by atoms with Gasteiger partial charge in [-0.3, -0.25) is 14.3 Å². The first kappa shape index (κ1) is 20.7. The van der Waals surface area contributed by atoms with Crippen molar-refractivity contribution in [3.63, 3.8) is 0 Å². The average molecular weight is 397 g/mol. The van der Waals surface area contributed by atoms with Crippen LogP contribution in [0.4, 0.5) is 5.95 Å². The first-order valence-corrected chi connectivity index (χ1v) is 9.09. The predicted octanol–water partition coefficient (Wildman–Crippen LogP) is 0.0708. The third kappa shape index (κ3) is 4.18. The lowest BCUT2D eigenvalue weighted by molar-refractivity contribution is -0.0851. The second kappa shape index (κ2) is 8.97. The molecule has 2 aromatic heterocycles. The Balaban J connectivity index is 1.95. The quantitative estimate of drug-likeness (QED) is 0.563. The van der Waals surface area contributed by atoms with Crippen molar-refractivity contribution >= 4 is 17.1 Å². The van der Waals surface area contributed by atoms with Crippen molar-refractivity contribution < 1.29 is 23.7 Å². The summed E-state index contributed by atoms with van der Waals surface area (Å²) in [4.78, 5) is 22.9. The molecule has 3 N–H and O–H groups in total. The van der Waals surface area contributed by atoms with Crippen molar-refractivity contribution in [2.24, 2.45) is 0 Å². The Morgan fingerprint density at radius 3 is 2.79 bits per heavy atom. The second-order valence-electron chi connectivity index (χ2n) is 6.75. The number of H-pyrrole nitrogens is 1. The van der Waals surface area contributed by atoms with E-state index in [1.165, 1.54) is 6.33 Å². The number of fused-ring (bicyclic) bond motifs is 1. The van der Waals surface area contributed by atoms with Crippen LogP contribution in [0.5, 0.6) is 0 Å². The number of ether oxygens (including phenoxy) is 5. The summed E-state index contributed by atoms with van der Waals surface area (Å²) in [6.07, 6.45) is -0.342. The van der Waals surface area contributed by atoms with Gasteiger partial charge in [0.2, 0.25) is 5.95 Å². The normalized spacial score (nSPS) is 25.2. The molecule has 1 saturated heterocycles. The molecular weight excluding hydrogens is 370 g/mol. The van der Waals surface area contributed by atoms with Crippen LogP contribution in [0.2, 0.25) is 0 Å². The van der Waals surface area contributed by atoms with E-state index in [2.05, 4.69) is 15.0 Å². The number of hydrogen-bond acceptors (Lipinski definition) is 9. The van der Waals surface area contributed by atoms with E-state index in [1.54, 1.807) is 18.8 Å². The molecule has 0 radical (unpaired) electrons. The molecule has 11 nitrogen and oxygen atoms in total. The summed E-state index contributed by atoms with van der Waals surface area (Å²) in [5, 5.41) is 0. The molecule has 11 heteroatoms. The summed E-state index contributed by atoms with van der Waals surface area (Å²) in [5.41, 5.74) is 5.77. The smallest absolute Gasteiger partial charge is 0.280 e. The highest BCUT2D eigenvalue weighted by Gasteiger charge is 2.47. The molecule has 0 bridgehead atoms. The maximum atomic E-state index is 12.1. The molecule has 28 heavy (non-hydrogen) atoms. The number of nitrogens with two attached hydrogens (primary N) is 1. The average Bonchev–Trinajstić information content (AvgIpc) is 3.21. The van der Waals surface area contributed by atoms with Crippen LogP contribution in [0.15, 0.2) is 11.1 Å². The summed E-state index contributed by atoms with van der Waals surface area (Å²) < 4.78 is 30.3. The highest BCUT2D eigenvalue weighted by atomic mass is 16.6.